The molecule has 1 aromatic carbocycles. The standard InChI is InChI=1S/C12H10Cl4N3O5P/c1-5(24-25(21,22)23)19-10(9(15)11(16)18-19)12(20)17-8-3-2-6(13)4-7(8)14/h2-5H,1H3,(H,17,20)(H2,21,22,23). The molecule has 0 bridgehead atoms. The lowest BCUT2D eigenvalue weighted by atomic mass is 10.3. The minimum absolute atomic E-state index is 0.175. The fraction of sp³-hybridized carbons (Fsp3) is 0.167. The van der Waals surface area contributed by atoms with Crippen LogP contribution < -0.4 is 5.32 Å². The number of carbonyl (C=O) groups excluding carboxylic acids is 1. The Balaban J connectivity index is 2.37. The highest BCUT2D eigenvalue weighted by Gasteiger charge is 2.29. The van der Waals surface area contributed by atoms with Crippen LogP contribution in [0.25, 0.3) is 0 Å². The monoisotopic (exact) mass is 447 g/mol. The average molecular weight is 449 g/mol. The third-order valence-electron chi connectivity index (χ3n) is 2.84. The van der Waals surface area contributed by atoms with E-state index in [-0.39, 0.29) is 26.6 Å². The number of aromatic nitrogens is 2. The molecule has 0 spiro atoms. The van der Waals surface area contributed by atoms with Gasteiger partial charge in [-0.15, -0.1) is 0 Å². The van der Waals surface area contributed by atoms with Crippen LogP contribution in [0, 0.1) is 0 Å². The van der Waals surface area contributed by atoms with Crippen LogP contribution in [0.4, 0.5) is 5.69 Å². The van der Waals surface area contributed by atoms with Crippen molar-refractivity contribution < 1.29 is 23.7 Å². The third-order valence-corrected chi connectivity index (χ3v) is 4.69. The average Bonchev–Trinajstić information content (AvgIpc) is 2.76. The molecule has 0 aliphatic carbocycles. The van der Waals surface area contributed by atoms with Gasteiger partial charge in [-0.25, -0.2) is 9.25 Å². The lowest BCUT2D eigenvalue weighted by Gasteiger charge is -2.16. The molecule has 13 heteroatoms. The normalized spacial score (nSPS) is 12.9. The van der Waals surface area contributed by atoms with E-state index in [0.717, 1.165) is 4.68 Å². The number of phosphoric ester groups is 1. The third kappa shape index (κ3) is 5.09. The Hall–Kier alpha value is -0.830. The Labute approximate surface area is 161 Å². The van der Waals surface area contributed by atoms with Gasteiger partial charge in [-0.05, 0) is 25.1 Å². The van der Waals surface area contributed by atoms with Gasteiger partial charge in [0.2, 0.25) is 0 Å². The van der Waals surface area contributed by atoms with Crippen molar-refractivity contribution in [3.63, 3.8) is 0 Å². The molecule has 2 aromatic rings. The summed E-state index contributed by atoms with van der Waals surface area (Å²) in [6, 6.07) is 4.40. The van der Waals surface area contributed by atoms with E-state index in [1.165, 1.54) is 25.1 Å². The molecule has 2 rings (SSSR count). The quantitative estimate of drug-likeness (QED) is 0.585. The van der Waals surface area contributed by atoms with Crippen LogP contribution in [0.15, 0.2) is 18.2 Å². The lowest BCUT2D eigenvalue weighted by Crippen LogP contribution is -2.21. The highest BCUT2D eigenvalue weighted by molar-refractivity contribution is 7.46. The van der Waals surface area contributed by atoms with E-state index < -0.39 is 20.0 Å². The molecule has 1 heterocycles. The fourth-order valence-electron chi connectivity index (χ4n) is 1.87. The molecule has 0 fully saturated rings. The molecular weight excluding hydrogens is 439 g/mol. The number of carbonyl (C=O) groups is 1. The van der Waals surface area contributed by atoms with Gasteiger partial charge in [-0.1, -0.05) is 46.4 Å². The second-order valence-electron chi connectivity index (χ2n) is 4.67. The van der Waals surface area contributed by atoms with E-state index >= 15 is 0 Å². The Morgan fingerprint density at radius 1 is 1.32 bits per heavy atom. The summed E-state index contributed by atoms with van der Waals surface area (Å²) in [5, 5.41) is 6.33. The Kier molecular flexibility index (Phi) is 6.40. The smallest absolute Gasteiger partial charge is 0.319 e. The van der Waals surface area contributed by atoms with Crippen molar-refractivity contribution in [1.29, 1.82) is 0 Å². The van der Waals surface area contributed by atoms with Crippen LogP contribution in [-0.4, -0.2) is 25.5 Å². The minimum atomic E-state index is -4.84. The molecule has 0 saturated heterocycles. The summed E-state index contributed by atoms with van der Waals surface area (Å²) >= 11 is 23.6. The molecule has 8 nitrogen and oxygen atoms in total. The first-order chi connectivity index (χ1) is 11.5. The van der Waals surface area contributed by atoms with E-state index in [9.17, 15) is 9.36 Å². The van der Waals surface area contributed by atoms with Crippen molar-refractivity contribution in [2.45, 2.75) is 13.2 Å². The molecular formula is C12H10Cl4N3O5P. The molecule has 0 aliphatic heterocycles. The maximum Gasteiger partial charge on any atom is 0.471 e. The number of amides is 1. The van der Waals surface area contributed by atoms with Gasteiger partial charge in [-0.3, -0.25) is 9.32 Å². The SMILES string of the molecule is CC(OP(=O)(O)O)n1nc(Cl)c(Cl)c1C(=O)Nc1ccc(Cl)cc1Cl. The van der Waals surface area contributed by atoms with Gasteiger partial charge < -0.3 is 15.1 Å². The van der Waals surface area contributed by atoms with Crippen LogP contribution in [0.3, 0.4) is 0 Å². The number of hydrogen-bond acceptors (Lipinski definition) is 4. The number of phosphoric acid groups is 1. The van der Waals surface area contributed by atoms with E-state index in [0.29, 0.717) is 5.02 Å². The predicted molar refractivity (Wildman–Crippen MR) is 94.5 cm³/mol. The maximum absolute atomic E-state index is 12.5. The van der Waals surface area contributed by atoms with Gasteiger partial charge in [0.1, 0.15) is 10.7 Å². The second-order valence-corrected chi connectivity index (χ2v) is 7.44. The minimum Gasteiger partial charge on any atom is -0.319 e. The van der Waals surface area contributed by atoms with Crippen molar-refractivity contribution in [3.05, 3.63) is 44.1 Å². The number of anilines is 1. The molecule has 0 radical (unpaired) electrons. The Bertz CT molecular complexity index is 869. The van der Waals surface area contributed by atoms with E-state index in [1.54, 1.807) is 0 Å². The molecule has 0 aliphatic rings. The van der Waals surface area contributed by atoms with Crippen molar-refractivity contribution >= 4 is 65.8 Å². The molecule has 25 heavy (non-hydrogen) atoms. The van der Waals surface area contributed by atoms with Crippen molar-refractivity contribution in [1.82, 2.24) is 9.78 Å². The van der Waals surface area contributed by atoms with Gasteiger partial charge in [0, 0.05) is 5.02 Å². The number of rotatable bonds is 5. The summed E-state index contributed by atoms with van der Waals surface area (Å²) in [6.07, 6.45) is -1.33. The van der Waals surface area contributed by atoms with Crippen molar-refractivity contribution in [2.75, 3.05) is 5.32 Å². The van der Waals surface area contributed by atoms with Crippen molar-refractivity contribution in [3.8, 4) is 0 Å². The Morgan fingerprint density at radius 2 is 1.96 bits per heavy atom. The molecule has 1 unspecified atom stereocenters. The first kappa shape index (κ1) is 20.5. The summed E-state index contributed by atoms with van der Waals surface area (Å²) in [5.41, 5.74) is -0.0294. The van der Waals surface area contributed by atoms with Crippen molar-refractivity contribution in [2.24, 2.45) is 0 Å². The molecule has 1 atom stereocenters. The first-order valence-corrected chi connectivity index (χ1v) is 9.47. The fourth-order valence-corrected chi connectivity index (χ4v) is 3.19. The number of halogens is 4. The van der Waals surface area contributed by atoms with Gasteiger partial charge in [0.15, 0.2) is 11.4 Å². The summed E-state index contributed by atoms with van der Waals surface area (Å²) < 4.78 is 16.3. The number of nitrogens with zero attached hydrogens (tertiary/aromatic N) is 2. The number of benzene rings is 1. The van der Waals surface area contributed by atoms with Gasteiger partial charge in [0.25, 0.3) is 5.91 Å². The zero-order valence-electron chi connectivity index (χ0n) is 12.3. The van der Waals surface area contributed by atoms with Crippen LogP contribution in [-0.2, 0) is 9.09 Å². The highest BCUT2D eigenvalue weighted by Crippen LogP contribution is 2.41. The van der Waals surface area contributed by atoms with Gasteiger partial charge in [-0.2, -0.15) is 5.10 Å². The lowest BCUT2D eigenvalue weighted by molar-refractivity contribution is 0.0804. The molecule has 3 N–H and O–H groups in total. The molecule has 0 saturated carbocycles. The second kappa shape index (κ2) is 7.82. The van der Waals surface area contributed by atoms with Crippen LogP contribution in [0.2, 0.25) is 20.2 Å². The predicted octanol–water partition coefficient (Wildman–Crippen LogP) is 4.38. The van der Waals surface area contributed by atoms with Crippen LogP contribution >= 0.6 is 54.2 Å². The molecule has 136 valence electrons. The maximum atomic E-state index is 12.5. The highest BCUT2D eigenvalue weighted by atomic mass is 35.5. The van der Waals surface area contributed by atoms with E-state index in [4.69, 9.17) is 56.2 Å². The number of hydrogen-bond donors (Lipinski definition) is 3. The summed E-state index contributed by atoms with van der Waals surface area (Å²) in [4.78, 5) is 30.3. The van der Waals surface area contributed by atoms with Crippen LogP contribution in [0.5, 0.6) is 0 Å². The molecule has 1 amide bonds. The zero-order chi connectivity index (χ0) is 18.9. The summed E-state index contributed by atoms with van der Waals surface area (Å²) in [5.74, 6) is -0.769. The van der Waals surface area contributed by atoms with Gasteiger partial charge >= 0.3 is 7.82 Å². The Morgan fingerprint density at radius 3 is 2.52 bits per heavy atom. The van der Waals surface area contributed by atoms with Crippen LogP contribution in [0.1, 0.15) is 23.6 Å². The first-order valence-electron chi connectivity index (χ1n) is 6.43. The van der Waals surface area contributed by atoms with Gasteiger partial charge in [0.05, 0.1) is 10.7 Å². The molecule has 1 aromatic heterocycles. The summed E-state index contributed by atoms with van der Waals surface area (Å²) in [6.45, 7) is 1.25. The topological polar surface area (TPSA) is 114 Å². The van der Waals surface area contributed by atoms with E-state index in [1.807, 2.05) is 0 Å². The number of nitrogens with one attached hydrogen (secondary N) is 1. The summed E-state index contributed by atoms with van der Waals surface area (Å²) in [7, 11) is -4.84. The van der Waals surface area contributed by atoms with E-state index in [2.05, 4.69) is 14.9 Å². The largest absolute Gasteiger partial charge is 0.471 e. The zero-order valence-corrected chi connectivity index (χ0v) is 16.2.